The maximum absolute atomic E-state index is 5.16. The van der Waals surface area contributed by atoms with Gasteiger partial charge in [0.1, 0.15) is 0 Å². The molecule has 1 aliphatic rings. The van der Waals surface area contributed by atoms with Crippen molar-refractivity contribution in [2.24, 2.45) is 5.92 Å². The minimum absolute atomic E-state index is 0.638. The van der Waals surface area contributed by atoms with Gasteiger partial charge in [-0.1, -0.05) is 13.8 Å². The molecule has 3 nitrogen and oxygen atoms in total. The molecule has 90 valence electrons. The number of ether oxygens (including phenoxy) is 1. The van der Waals surface area contributed by atoms with E-state index in [1.165, 1.54) is 6.54 Å². The summed E-state index contributed by atoms with van der Waals surface area (Å²) in [6.07, 6.45) is 1.14. The zero-order valence-electron chi connectivity index (χ0n) is 10.6. The average Bonchev–Trinajstić information content (AvgIpc) is 2.25. The fourth-order valence-corrected chi connectivity index (χ4v) is 2.36. The normalized spacial score (nSPS) is 25.8. The van der Waals surface area contributed by atoms with Crippen LogP contribution in [-0.4, -0.2) is 50.3 Å². The molecule has 1 aliphatic heterocycles. The van der Waals surface area contributed by atoms with Gasteiger partial charge in [0.15, 0.2) is 0 Å². The van der Waals surface area contributed by atoms with E-state index in [9.17, 15) is 0 Å². The lowest BCUT2D eigenvalue weighted by molar-refractivity contribution is 0.0646. The Morgan fingerprint density at radius 2 is 2.13 bits per heavy atom. The molecule has 1 heterocycles. The van der Waals surface area contributed by atoms with Crippen molar-refractivity contribution in [2.75, 3.05) is 33.4 Å². The van der Waals surface area contributed by atoms with E-state index in [0.29, 0.717) is 12.1 Å². The SMILES string of the molecule is COCCC(C)N1CCNCC1C(C)C. The number of hydrogen-bond donors (Lipinski definition) is 1. The van der Waals surface area contributed by atoms with E-state index in [-0.39, 0.29) is 0 Å². The second-order valence-electron chi connectivity index (χ2n) is 4.88. The highest BCUT2D eigenvalue weighted by molar-refractivity contribution is 4.85. The first kappa shape index (κ1) is 12.9. The molecule has 1 fully saturated rings. The summed E-state index contributed by atoms with van der Waals surface area (Å²) in [5, 5.41) is 3.48. The van der Waals surface area contributed by atoms with Gasteiger partial charge in [-0.3, -0.25) is 4.90 Å². The number of rotatable bonds is 5. The molecule has 15 heavy (non-hydrogen) atoms. The van der Waals surface area contributed by atoms with Crippen molar-refractivity contribution in [1.82, 2.24) is 10.2 Å². The standard InChI is InChI=1S/C12H26N2O/c1-10(2)12-9-13-6-7-14(12)11(3)5-8-15-4/h10-13H,5-9H2,1-4H3. The van der Waals surface area contributed by atoms with Crippen LogP contribution in [0.15, 0.2) is 0 Å². The van der Waals surface area contributed by atoms with Crippen LogP contribution in [0.1, 0.15) is 27.2 Å². The van der Waals surface area contributed by atoms with Crippen molar-refractivity contribution < 1.29 is 4.74 Å². The highest BCUT2D eigenvalue weighted by atomic mass is 16.5. The van der Waals surface area contributed by atoms with E-state index in [1.54, 1.807) is 7.11 Å². The molecule has 0 radical (unpaired) electrons. The van der Waals surface area contributed by atoms with Crippen LogP contribution >= 0.6 is 0 Å². The van der Waals surface area contributed by atoms with Gasteiger partial charge >= 0.3 is 0 Å². The molecule has 0 aromatic rings. The summed E-state index contributed by atoms with van der Waals surface area (Å²) in [7, 11) is 1.78. The molecule has 1 N–H and O–H groups in total. The Morgan fingerprint density at radius 3 is 2.73 bits per heavy atom. The molecule has 0 amide bonds. The lowest BCUT2D eigenvalue weighted by atomic mass is 9.98. The van der Waals surface area contributed by atoms with Crippen LogP contribution in [0.5, 0.6) is 0 Å². The Bertz CT molecular complexity index is 173. The van der Waals surface area contributed by atoms with Gasteiger partial charge in [-0.25, -0.2) is 0 Å². The van der Waals surface area contributed by atoms with Crippen molar-refractivity contribution in [1.29, 1.82) is 0 Å². The second kappa shape index (κ2) is 6.46. The second-order valence-corrected chi connectivity index (χ2v) is 4.88. The van der Waals surface area contributed by atoms with E-state index in [1.807, 2.05) is 0 Å². The van der Waals surface area contributed by atoms with Crippen LogP contribution in [0.2, 0.25) is 0 Å². The molecule has 0 saturated carbocycles. The lowest BCUT2D eigenvalue weighted by Crippen LogP contribution is -2.56. The third-order valence-electron chi connectivity index (χ3n) is 3.40. The molecule has 1 rings (SSSR count). The van der Waals surface area contributed by atoms with Crippen molar-refractivity contribution >= 4 is 0 Å². The Morgan fingerprint density at radius 1 is 1.40 bits per heavy atom. The van der Waals surface area contributed by atoms with Crippen LogP contribution < -0.4 is 5.32 Å². The number of nitrogens with one attached hydrogen (secondary N) is 1. The summed E-state index contributed by atoms with van der Waals surface area (Å²) in [5.74, 6) is 0.725. The third-order valence-corrected chi connectivity index (χ3v) is 3.40. The Balaban J connectivity index is 2.47. The van der Waals surface area contributed by atoms with Crippen LogP contribution in [-0.2, 0) is 4.74 Å². The maximum Gasteiger partial charge on any atom is 0.0477 e. The van der Waals surface area contributed by atoms with Crippen LogP contribution in [0.3, 0.4) is 0 Å². The summed E-state index contributed by atoms with van der Waals surface area (Å²) in [5.41, 5.74) is 0. The van der Waals surface area contributed by atoms with Gasteiger partial charge in [0.25, 0.3) is 0 Å². The summed E-state index contributed by atoms with van der Waals surface area (Å²) < 4.78 is 5.16. The number of methoxy groups -OCH3 is 1. The van der Waals surface area contributed by atoms with Gasteiger partial charge in [0.05, 0.1) is 0 Å². The predicted octanol–water partition coefficient (Wildman–Crippen LogP) is 1.34. The molecule has 2 unspecified atom stereocenters. The van der Waals surface area contributed by atoms with Crippen molar-refractivity contribution in [2.45, 2.75) is 39.3 Å². The molecular weight excluding hydrogens is 188 g/mol. The summed E-state index contributed by atoms with van der Waals surface area (Å²) >= 11 is 0. The Hall–Kier alpha value is -0.120. The van der Waals surface area contributed by atoms with Crippen LogP contribution in [0, 0.1) is 5.92 Å². The van der Waals surface area contributed by atoms with Gasteiger partial charge in [-0.15, -0.1) is 0 Å². The summed E-state index contributed by atoms with van der Waals surface area (Å²) in [6.45, 7) is 11.3. The fourth-order valence-electron chi connectivity index (χ4n) is 2.36. The molecule has 0 spiro atoms. The molecule has 3 heteroatoms. The van der Waals surface area contributed by atoms with Gasteiger partial charge in [-0.2, -0.15) is 0 Å². The van der Waals surface area contributed by atoms with Crippen LogP contribution in [0.25, 0.3) is 0 Å². The van der Waals surface area contributed by atoms with Gasteiger partial charge in [-0.05, 0) is 19.3 Å². The third kappa shape index (κ3) is 3.74. The first-order chi connectivity index (χ1) is 7.16. The van der Waals surface area contributed by atoms with E-state index >= 15 is 0 Å². The molecule has 0 bridgehead atoms. The molecular formula is C12H26N2O. The minimum atomic E-state index is 0.638. The Kier molecular flexibility index (Phi) is 5.58. The van der Waals surface area contributed by atoms with Crippen molar-refractivity contribution in [3.63, 3.8) is 0 Å². The highest BCUT2D eigenvalue weighted by Gasteiger charge is 2.27. The summed E-state index contributed by atoms with van der Waals surface area (Å²) in [4.78, 5) is 2.64. The van der Waals surface area contributed by atoms with Gasteiger partial charge in [0.2, 0.25) is 0 Å². The zero-order valence-corrected chi connectivity index (χ0v) is 10.6. The van der Waals surface area contributed by atoms with Gasteiger partial charge in [0, 0.05) is 45.4 Å². The lowest BCUT2D eigenvalue weighted by Gasteiger charge is -2.42. The summed E-state index contributed by atoms with van der Waals surface area (Å²) in [6, 6.07) is 1.32. The first-order valence-electron chi connectivity index (χ1n) is 6.12. The zero-order chi connectivity index (χ0) is 11.3. The topological polar surface area (TPSA) is 24.5 Å². The van der Waals surface area contributed by atoms with Crippen molar-refractivity contribution in [3.8, 4) is 0 Å². The molecule has 0 aromatic heterocycles. The largest absolute Gasteiger partial charge is 0.385 e. The van der Waals surface area contributed by atoms with Crippen LogP contribution in [0.4, 0.5) is 0 Å². The molecule has 1 saturated heterocycles. The quantitative estimate of drug-likeness (QED) is 0.747. The van der Waals surface area contributed by atoms with Crippen molar-refractivity contribution in [3.05, 3.63) is 0 Å². The fraction of sp³-hybridized carbons (Fsp3) is 1.00. The smallest absolute Gasteiger partial charge is 0.0477 e. The minimum Gasteiger partial charge on any atom is -0.385 e. The van der Waals surface area contributed by atoms with E-state index in [4.69, 9.17) is 4.74 Å². The average molecular weight is 214 g/mol. The number of piperazine rings is 1. The molecule has 0 aromatic carbocycles. The predicted molar refractivity (Wildman–Crippen MR) is 64.2 cm³/mol. The van der Waals surface area contributed by atoms with Gasteiger partial charge < -0.3 is 10.1 Å². The molecule has 0 aliphatic carbocycles. The molecule has 2 atom stereocenters. The monoisotopic (exact) mass is 214 g/mol. The Labute approximate surface area is 94.2 Å². The first-order valence-corrected chi connectivity index (χ1v) is 6.12. The maximum atomic E-state index is 5.16. The van der Waals surface area contributed by atoms with E-state index in [0.717, 1.165) is 32.0 Å². The number of hydrogen-bond acceptors (Lipinski definition) is 3. The highest BCUT2D eigenvalue weighted by Crippen LogP contribution is 2.17. The van der Waals surface area contributed by atoms with E-state index in [2.05, 4.69) is 31.0 Å². The van der Waals surface area contributed by atoms with E-state index < -0.39 is 0 Å². The number of nitrogens with zero attached hydrogens (tertiary/aromatic N) is 1.